The van der Waals surface area contributed by atoms with Crippen LogP contribution >= 0.6 is 11.6 Å². The summed E-state index contributed by atoms with van der Waals surface area (Å²) in [5, 5.41) is 0.304. The van der Waals surface area contributed by atoms with Crippen molar-refractivity contribution in [1.29, 1.82) is 0 Å². The van der Waals surface area contributed by atoms with Crippen LogP contribution in [0.3, 0.4) is 0 Å². The Morgan fingerprint density at radius 1 is 1.24 bits per heavy atom. The first-order valence-corrected chi connectivity index (χ1v) is 8.45. The monoisotopic (exact) mass is 430 g/mol. The second-order valence-electron chi connectivity index (χ2n) is 6.14. The molecule has 1 aliphatic rings. The average molecular weight is 431 g/mol. The summed E-state index contributed by atoms with van der Waals surface area (Å²) in [7, 11) is 0. The van der Waals surface area contributed by atoms with E-state index in [1.165, 1.54) is 18.5 Å². The minimum absolute atomic E-state index is 0.117. The van der Waals surface area contributed by atoms with E-state index in [0.29, 0.717) is 5.02 Å². The molecule has 3 rings (SSSR count). The summed E-state index contributed by atoms with van der Waals surface area (Å²) < 4.78 is 72.3. The van der Waals surface area contributed by atoms with Gasteiger partial charge in [-0.1, -0.05) is 17.5 Å². The lowest BCUT2D eigenvalue weighted by atomic mass is 9.84. The zero-order valence-electron chi connectivity index (χ0n) is 14.5. The third-order valence-electron chi connectivity index (χ3n) is 4.10. The first-order chi connectivity index (χ1) is 13.6. The highest BCUT2D eigenvalue weighted by Crippen LogP contribution is 2.41. The summed E-state index contributed by atoms with van der Waals surface area (Å²) >= 11 is 5.68. The Morgan fingerprint density at radius 2 is 1.93 bits per heavy atom. The van der Waals surface area contributed by atoms with Crippen LogP contribution in [0.15, 0.2) is 35.6 Å². The summed E-state index contributed by atoms with van der Waals surface area (Å²) in [5.74, 6) is 4.41. The Bertz CT molecular complexity index is 1000. The Balaban J connectivity index is 2.02. The summed E-state index contributed by atoms with van der Waals surface area (Å²) in [4.78, 5) is 11.4. The van der Waals surface area contributed by atoms with Crippen LogP contribution in [-0.2, 0) is 10.3 Å². The number of nitrogens with two attached hydrogens (primary N) is 1. The van der Waals surface area contributed by atoms with Gasteiger partial charge in [-0.2, -0.15) is 13.2 Å². The Hall–Kier alpha value is -2.93. The van der Waals surface area contributed by atoms with Gasteiger partial charge in [-0.15, -0.1) is 0 Å². The van der Waals surface area contributed by atoms with Gasteiger partial charge in [-0.05, 0) is 24.1 Å². The lowest BCUT2D eigenvalue weighted by Gasteiger charge is -2.36. The predicted octanol–water partition coefficient (Wildman–Crippen LogP) is 3.50. The minimum Gasteiger partial charge on any atom is -0.452 e. The highest BCUT2D eigenvalue weighted by molar-refractivity contribution is 6.30. The Morgan fingerprint density at radius 3 is 2.55 bits per heavy atom. The summed E-state index contributed by atoms with van der Waals surface area (Å²) in [6, 6.07) is 2.49. The molecular formula is C18H12ClF5N4O. The van der Waals surface area contributed by atoms with Crippen LogP contribution in [0.4, 0.5) is 22.0 Å². The lowest BCUT2D eigenvalue weighted by molar-refractivity contribution is -0.209. The van der Waals surface area contributed by atoms with Crippen molar-refractivity contribution < 1.29 is 26.7 Å². The molecular weight excluding hydrogens is 419 g/mol. The maximum absolute atomic E-state index is 14.5. The van der Waals surface area contributed by atoms with Crippen LogP contribution in [0.1, 0.15) is 23.4 Å². The number of nitrogens with zero attached hydrogens (tertiary/aromatic N) is 3. The molecule has 0 saturated carbocycles. The zero-order valence-corrected chi connectivity index (χ0v) is 15.2. The third kappa shape index (κ3) is 4.56. The molecule has 2 heterocycles. The fourth-order valence-electron chi connectivity index (χ4n) is 2.75. The molecule has 2 aromatic rings. The second-order valence-corrected chi connectivity index (χ2v) is 6.57. The molecule has 1 aliphatic heterocycles. The zero-order chi connectivity index (χ0) is 21.2. The van der Waals surface area contributed by atoms with Crippen molar-refractivity contribution in [2.24, 2.45) is 10.7 Å². The third-order valence-corrected chi connectivity index (χ3v) is 4.30. The van der Waals surface area contributed by atoms with E-state index >= 15 is 0 Å². The summed E-state index contributed by atoms with van der Waals surface area (Å²) in [5.41, 5.74) is 2.91. The summed E-state index contributed by atoms with van der Waals surface area (Å²) in [6.45, 7) is -1.42. The first-order valence-electron chi connectivity index (χ1n) is 8.07. The van der Waals surface area contributed by atoms with Crippen LogP contribution < -0.4 is 5.73 Å². The Labute approximate surface area is 166 Å². The van der Waals surface area contributed by atoms with Crippen LogP contribution in [0.25, 0.3) is 0 Å². The molecule has 0 fully saturated rings. The van der Waals surface area contributed by atoms with Gasteiger partial charge >= 0.3 is 6.18 Å². The number of ether oxygens (including phenoxy) is 1. The summed E-state index contributed by atoms with van der Waals surface area (Å²) in [6.07, 6.45) is -5.58. The lowest BCUT2D eigenvalue weighted by Crippen LogP contribution is -2.48. The molecule has 0 aliphatic carbocycles. The van der Waals surface area contributed by atoms with Gasteiger partial charge in [0.25, 0.3) is 6.02 Å². The number of hydrogen-bond acceptors (Lipinski definition) is 5. The second kappa shape index (κ2) is 7.83. The van der Waals surface area contributed by atoms with Crippen LogP contribution in [0, 0.1) is 17.7 Å². The minimum atomic E-state index is -4.83. The number of amidine groups is 1. The highest BCUT2D eigenvalue weighted by atomic mass is 35.5. The quantitative estimate of drug-likeness (QED) is 0.584. The fraction of sp³-hybridized carbons (Fsp3) is 0.278. The van der Waals surface area contributed by atoms with Crippen LogP contribution in [0.2, 0.25) is 5.02 Å². The fourth-order valence-corrected chi connectivity index (χ4v) is 2.85. The molecule has 2 N–H and O–H groups in total. The molecule has 0 radical (unpaired) electrons. The van der Waals surface area contributed by atoms with E-state index in [-0.39, 0.29) is 11.4 Å². The predicted molar refractivity (Wildman–Crippen MR) is 94.2 cm³/mol. The number of alkyl halides is 4. The normalized spacial score (nSPS) is 21.6. The Kier molecular flexibility index (Phi) is 5.61. The standard InChI is InChI=1S/C18H12ClF5N4O/c19-11-7-26-15(27-8-11)4-2-10-1-3-13(21)12(5-10)17(9-20)6-14(18(22,23)24)29-16(25)28-17/h1,3,5,7-8,14H,6,9H2,(H2,25,28)/t14-,17+/m0/s1. The van der Waals surface area contributed by atoms with E-state index in [0.717, 1.165) is 12.1 Å². The van der Waals surface area contributed by atoms with Crippen molar-refractivity contribution in [3.8, 4) is 11.8 Å². The van der Waals surface area contributed by atoms with E-state index in [9.17, 15) is 22.0 Å². The smallest absolute Gasteiger partial charge is 0.425 e. The van der Waals surface area contributed by atoms with E-state index < -0.39 is 48.3 Å². The molecule has 5 nitrogen and oxygen atoms in total. The molecule has 1 aromatic heterocycles. The molecule has 0 spiro atoms. The van der Waals surface area contributed by atoms with Crippen LogP contribution in [-0.4, -0.2) is 34.9 Å². The maximum atomic E-state index is 14.5. The van der Waals surface area contributed by atoms with Crippen molar-refractivity contribution in [3.05, 3.63) is 58.4 Å². The van der Waals surface area contributed by atoms with E-state index in [2.05, 4.69) is 31.5 Å². The van der Waals surface area contributed by atoms with Gasteiger partial charge in [-0.25, -0.2) is 23.7 Å². The largest absolute Gasteiger partial charge is 0.452 e. The number of rotatable bonds is 2. The van der Waals surface area contributed by atoms with E-state index in [1.807, 2.05) is 0 Å². The number of aliphatic imine (C=N–C) groups is 1. The van der Waals surface area contributed by atoms with Crippen molar-refractivity contribution in [3.63, 3.8) is 0 Å². The molecule has 0 bridgehead atoms. The first kappa shape index (κ1) is 20.8. The van der Waals surface area contributed by atoms with Gasteiger partial charge in [0.15, 0.2) is 6.10 Å². The molecule has 152 valence electrons. The number of hydrogen-bond donors (Lipinski definition) is 1. The number of halogens is 6. The van der Waals surface area contributed by atoms with Gasteiger partial charge in [0.05, 0.1) is 17.4 Å². The molecule has 2 atom stereocenters. The average Bonchev–Trinajstić information content (AvgIpc) is 2.67. The van der Waals surface area contributed by atoms with Crippen LogP contribution in [0.5, 0.6) is 0 Å². The van der Waals surface area contributed by atoms with Gasteiger partial charge in [0.1, 0.15) is 18.0 Å². The molecule has 1 aromatic carbocycles. The van der Waals surface area contributed by atoms with E-state index in [4.69, 9.17) is 17.3 Å². The van der Waals surface area contributed by atoms with Crippen molar-refractivity contribution >= 4 is 17.6 Å². The van der Waals surface area contributed by atoms with E-state index in [1.54, 1.807) is 0 Å². The molecule has 11 heteroatoms. The molecule has 0 unspecified atom stereocenters. The topological polar surface area (TPSA) is 73.4 Å². The SMILES string of the molecule is NC1=N[C@](CF)(c2cc(C#Cc3ncc(Cl)cn3)ccc2F)C[C@@H](C(F)(F)F)O1. The van der Waals surface area contributed by atoms with Gasteiger partial charge in [0.2, 0.25) is 5.82 Å². The number of aromatic nitrogens is 2. The highest BCUT2D eigenvalue weighted by Gasteiger charge is 2.52. The van der Waals surface area contributed by atoms with Gasteiger partial charge in [-0.3, -0.25) is 0 Å². The van der Waals surface area contributed by atoms with Gasteiger partial charge < -0.3 is 10.5 Å². The number of benzene rings is 1. The van der Waals surface area contributed by atoms with Crippen molar-refractivity contribution in [1.82, 2.24) is 9.97 Å². The molecule has 29 heavy (non-hydrogen) atoms. The van der Waals surface area contributed by atoms with Crippen molar-refractivity contribution in [2.45, 2.75) is 24.2 Å². The molecule has 0 amide bonds. The van der Waals surface area contributed by atoms with Gasteiger partial charge in [0, 0.05) is 17.5 Å². The maximum Gasteiger partial charge on any atom is 0.425 e. The van der Waals surface area contributed by atoms with Crippen molar-refractivity contribution in [2.75, 3.05) is 6.67 Å². The molecule has 0 saturated heterocycles.